The molecule has 0 bridgehead atoms. The predicted octanol–water partition coefficient (Wildman–Crippen LogP) is 2.01. The summed E-state index contributed by atoms with van der Waals surface area (Å²) >= 11 is 0. The second kappa shape index (κ2) is 5.16. The van der Waals surface area contributed by atoms with E-state index in [1.54, 1.807) is 12.1 Å². The highest BCUT2D eigenvalue weighted by atomic mass is 19.1. The van der Waals surface area contributed by atoms with Gasteiger partial charge in [0.05, 0.1) is 12.4 Å². The molecule has 0 radical (unpaired) electrons. The number of halogens is 1. The molecule has 0 aromatic carbocycles. The first kappa shape index (κ1) is 11.2. The number of carbonyl (C=O) groups excluding carboxylic acids is 1. The van der Waals surface area contributed by atoms with E-state index in [4.69, 9.17) is 4.74 Å². The summed E-state index contributed by atoms with van der Waals surface area (Å²) in [7, 11) is 0. The number of pyridine rings is 2. The number of aromatic nitrogens is 2. The standard InChI is InChI=1S/C12H9FN2O2/c13-10-3-9(4-14-5-10)8-17-12-2-1-11(7-16)15-6-12/h1-7H,8H2. The van der Waals surface area contributed by atoms with Crippen molar-refractivity contribution >= 4 is 6.29 Å². The predicted molar refractivity (Wildman–Crippen MR) is 58.2 cm³/mol. The van der Waals surface area contributed by atoms with Crippen LogP contribution in [0.5, 0.6) is 5.75 Å². The molecule has 0 saturated carbocycles. The summed E-state index contributed by atoms with van der Waals surface area (Å²) < 4.78 is 18.2. The molecule has 0 N–H and O–H groups in total. The average Bonchev–Trinajstić information content (AvgIpc) is 2.37. The number of ether oxygens (including phenoxy) is 1. The van der Waals surface area contributed by atoms with Gasteiger partial charge in [-0.25, -0.2) is 9.37 Å². The van der Waals surface area contributed by atoms with Crippen LogP contribution in [0.15, 0.2) is 36.8 Å². The van der Waals surface area contributed by atoms with Crippen LogP contribution in [0.4, 0.5) is 4.39 Å². The summed E-state index contributed by atoms with van der Waals surface area (Å²) in [4.78, 5) is 17.9. The first-order chi connectivity index (χ1) is 8.28. The SMILES string of the molecule is O=Cc1ccc(OCc2cncc(F)c2)cn1. The molecule has 0 saturated heterocycles. The third-order valence-electron chi connectivity index (χ3n) is 2.05. The Balaban J connectivity index is 1.99. The summed E-state index contributed by atoms with van der Waals surface area (Å²) in [5.74, 6) is 0.111. The van der Waals surface area contributed by atoms with E-state index in [1.807, 2.05) is 0 Å². The Morgan fingerprint density at radius 1 is 1.29 bits per heavy atom. The normalized spacial score (nSPS) is 9.94. The molecule has 0 spiro atoms. The number of carbonyl (C=O) groups is 1. The summed E-state index contributed by atoms with van der Waals surface area (Å²) in [5.41, 5.74) is 0.967. The lowest BCUT2D eigenvalue weighted by atomic mass is 10.3. The molecular weight excluding hydrogens is 223 g/mol. The molecule has 0 fully saturated rings. The van der Waals surface area contributed by atoms with Gasteiger partial charge in [0.25, 0.3) is 0 Å². The first-order valence-electron chi connectivity index (χ1n) is 4.91. The van der Waals surface area contributed by atoms with Crippen molar-refractivity contribution < 1.29 is 13.9 Å². The summed E-state index contributed by atoms with van der Waals surface area (Å²) in [6.07, 6.45) is 4.75. The highest BCUT2D eigenvalue weighted by Crippen LogP contribution is 2.11. The van der Waals surface area contributed by atoms with Crippen LogP contribution < -0.4 is 4.74 Å². The fourth-order valence-corrected chi connectivity index (χ4v) is 1.25. The Morgan fingerprint density at radius 2 is 2.18 bits per heavy atom. The molecule has 17 heavy (non-hydrogen) atoms. The van der Waals surface area contributed by atoms with Gasteiger partial charge in [-0.05, 0) is 18.2 Å². The second-order valence-electron chi connectivity index (χ2n) is 3.34. The Morgan fingerprint density at radius 3 is 2.82 bits per heavy atom. The molecule has 0 amide bonds. The molecule has 2 aromatic heterocycles. The van der Waals surface area contributed by atoms with E-state index in [9.17, 15) is 9.18 Å². The van der Waals surface area contributed by atoms with E-state index >= 15 is 0 Å². The van der Waals surface area contributed by atoms with Crippen molar-refractivity contribution in [2.75, 3.05) is 0 Å². The molecule has 86 valence electrons. The van der Waals surface area contributed by atoms with Crippen LogP contribution in [0.3, 0.4) is 0 Å². The van der Waals surface area contributed by atoms with E-state index in [0.717, 1.165) is 6.20 Å². The van der Waals surface area contributed by atoms with Crippen LogP contribution in [0, 0.1) is 5.82 Å². The maximum absolute atomic E-state index is 12.8. The molecule has 0 unspecified atom stereocenters. The van der Waals surface area contributed by atoms with Gasteiger partial charge in [0.15, 0.2) is 6.29 Å². The summed E-state index contributed by atoms with van der Waals surface area (Å²) in [6.45, 7) is 0.201. The Kier molecular flexibility index (Phi) is 3.40. The van der Waals surface area contributed by atoms with Crippen molar-refractivity contribution in [1.29, 1.82) is 0 Å². The van der Waals surface area contributed by atoms with Crippen LogP contribution in [0.1, 0.15) is 16.1 Å². The zero-order valence-electron chi connectivity index (χ0n) is 8.84. The zero-order valence-corrected chi connectivity index (χ0v) is 8.84. The zero-order chi connectivity index (χ0) is 12.1. The summed E-state index contributed by atoms with van der Waals surface area (Å²) in [5, 5.41) is 0. The van der Waals surface area contributed by atoms with Gasteiger partial charge in [0.2, 0.25) is 0 Å². The smallest absolute Gasteiger partial charge is 0.168 e. The highest BCUT2D eigenvalue weighted by molar-refractivity contribution is 5.71. The third kappa shape index (κ3) is 3.07. The quantitative estimate of drug-likeness (QED) is 0.756. The topological polar surface area (TPSA) is 52.1 Å². The minimum absolute atomic E-state index is 0.201. The summed E-state index contributed by atoms with van der Waals surface area (Å²) in [6, 6.07) is 4.52. The van der Waals surface area contributed by atoms with Crippen LogP contribution in [-0.4, -0.2) is 16.3 Å². The number of hydrogen-bond acceptors (Lipinski definition) is 4. The monoisotopic (exact) mass is 232 g/mol. The van der Waals surface area contributed by atoms with Crippen molar-refractivity contribution in [2.24, 2.45) is 0 Å². The number of nitrogens with zero attached hydrogens (tertiary/aromatic N) is 2. The molecule has 5 heteroatoms. The van der Waals surface area contributed by atoms with Gasteiger partial charge < -0.3 is 4.74 Å². The molecule has 4 nitrogen and oxygen atoms in total. The molecule has 0 aliphatic carbocycles. The molecule has 0 aliphatic heterocycles. The van der Waals surface area contributed by atoms with Crippen LogP contribution >= 0.6 is 0 Å². The minimum atomic E-state index is -0.402. The van der Waals surface area contributed by atoms with E-state index < -0.39 is 5.82 Å². The lowest BCUT2D eigenvalue weighted by Gasteiger charge is -2.05. The Labute approximate surface area is 97.1 Å². The van der Waals surface area contributed by atoms with Gasteiger partial charge in [0.1, 0.15) is 23.9 Å². The van der Waals surface area contributed by atoms with Gasteiger partial charge in [-0.15, -0.1) is 0 Å². The number of hydrogen-bond donors (Lipinski definition) is 0. The molecule has 0 aliphatic rings. The minimum Gasteiger partial charge on any atom is -0.487 e. The molecule has 2 aromatic rings. The van der Waals surface area contributed by atoms with Gasteiger partial charge >= 0.3 is 0 Å². The molecular formula is C12H9FN2O2. The number of aldehydes is 1. The van der Waals surface area contributed by atoms with Crippen molar-refractivity contribution in [1.82, 2.24) is 9.97 Å². The van der Waals surface area contributed by atoms with Crippen molar-refractivity contribution in [3.05, 3.63) is 53.9 Å². The number of rotatable bonds is 4. The van der Waals surface area contributed by atoms with Crippen molar-refractivity contribution in [2.45, 2.75) is 6.61 Å². The lowest BCUT2D eigenvalue weighted by Crippen LogP contribution is -1.97. The van der Waals surface area contributed by atoms with E-state index in [1.165, 1.54) is 18.5 Å². The fraction of sp³-hybridized carbons (Fsp3) is 0.0833. The fourth-order valence-electron chi connectivity index (χ4n) is 1.25. The van der Waals surface area contributed by atoms with Crippen molar-refractivity contribution in [3.8, 4) is 5.75 Å². The maximum atomic E-state index is 12.8. The Bertz CT molecular complexity index is 514. The van der Waals surface area contributed by atoms with Crippen LogP contribution in [0.2, 0.25) is 0 Å². The van der Waals surface area contributed by atoms with E-state index in [0.29, 0.717) is 23.3 Å². The Hall–Kier alpha value is -2.30. The largest absolute Gasteiger partial charge is 0.487 e. The van der Waals surface area contributed by atoms with Crippen LogP contribution in [-0.2, 0) is 6.61 Å². The van der Waals surface area contributed by atoms with Gasteiger partial charge in [-0.2, -0.15) is 0 Å². The second-order valence-corrected chi connectivity index (χ2v) is 3.34. The maximum Gasteiger partial charge on any atom is 0.168 e. The first-order valence-corrected chi connectivity index (χ1v) is 4.91. The van der Waals surface area contributed by atoms with Gasteiger partial charge in [-0.3, -0.25) is 9.78 Å². The highest BCUT2D eigenvalue weighted by Gasteiger charge is 1.99. The van der Waals surface area contributed by atoms with Crippen LogP contribution in [0.25, 0.3) is 0 Å². The van der Waals surface area contributed by atoms with E-state index in [2.05, 4.69) is 9.97 Å². The van der Waals surface area contributed by atoms with Crippen molar-refractivity contribution in [3.63, 3.8) is 0 Å². The lowest BCUT2D eigenvalue weighted by molar-refractivity contribution is 0.111. The van der Waals surface area contributed by atoms with Gasteiger partial charge in [0, 0.05) is 11.8 Å². The molecule has 2 rings (SSSR count). The average molecular weight is 232 g/mol. The molecule has 0 atom stereocenters. The van der Waals surface area contributed by atoms with Gasteiger partial charge in [-0.1, -0.05) is 0 Å². The van der Waals surface area contributed by atoms with E-state index in [-0.39, 0.29) is 6.61 Å². The molecule has 2 heterocycles. The third-order valence-corrected chi connectivity index (χ3v) is 2.05.